The van der Waals surface area contributed by atoms with Crippen LogP contribution in [0, 0.1) is 11.3 Å². The second-order valence-electron chi connectivity index (χ2n) is 11.5. The molecule has 0 spiro atoms. The quantitative estimate of drug-likeness (QED) is 0.312. The minimum absolute atomic E-state index is 0.0190. The topological polar surface area (TPSA) is 112 Å². The molecule has 1 amide bonds. The van der Waals surface area contributed by atoms with Crippen LogP contribution in [0.15, 0.2) is 36.9 Å². The molecule has 42 heavy (non-hydrogen) atoms. The molecule has 0 radical (unpaired) electrons. The number of rotatable bonds is 10. The van der Waals surface area contributed by atoms with E-state index < -0.39 is 0 Å². The lowest BCUT2D eigenvalue weighted by Gasteiger charge is -2.41. The van der Waals surface area contributed by atoms with E-state index >= 15 is 0 Å². The molecule has 0 saturated carbocycles. The third kappa shape index (κ3) is 6.32. The van der Waals surface area contributed by atoms with Crippen molar-refractivity contribution in [2.45, 2.75) is 69.7 Å². The molecular weight excluding hydrogens is 532 g/mol. The number of fused-ring (bicyclic) bond motifs is 1. The van der Waals surface area contributed by atoms with Crippen LogP contribution in [-0.2, 0) is 22.6 Å². The molecule has 1 aromatic heterocycles. The van der Waals surface area contributed by atoms with E-state index in [1.807, 2.05) is 6.07 Å². The first-order chi connectivity index (χ1) is 20.4. The van der Waals surface area contributed by atoms with Crippen LogP contribution in [0.4, 0.5) is 5.82 Å². The van der Waals surface area contributed by atoms with E-state index in [2.05, 4.69) is 59.6 Å². The molecule has 0 aliphatic carbocycles. The van der Waals surface area contributed by atoms with Gasteiger partial charge in [0.05, 0.1) is 31.2 Å². The monoisotopic (exact) mass is 572 g/mol. The zero-order valence-corrected chi connectivity index (χ0v) is 24.6. The number of piperazine rings is 1. The maximum atomic E-state index is 12.5. The van der Waals surface area contributed by atoms with Crippen LogP contribution in [-0.4, -0.2) is 90.0 Å². The van der Waals surface area contributed by atoms with Gasteiger partial charge in [-0.05, 0) is 56.5 Å². The van der Waals surface area contributed by atoms with Gasteiger partial charge in [0, 0.05) is 37.2 Å². The van der Waals surface area contributed by atoms with Crippen LogP contribution >= 0.6 is 0 Å². The SMILES string of the molecule is C=CC(=O)N1CCN(c2nc(OCC3CCCN3C)nc(C=O)c2CC[C@@H]2OCc3ccccc3C2C)CC1CC#N. The summed E-state index contributed by atoms with van der Waals surface area (Å²) in [6, 6.07) is 10.7. The van der Waals surface area contributed by atoms with Crippen molar-refractivity contribution in [3.63, 3.8) is 0 Å². The van der Waals surface area contributed by atoms with Gasteiger partial charge >= 0.3 is 6.01 Å². The normalized spacial score (nSPS) is 24.1. The van der Waals surface area contributed by atoms with Crippen molar-refractivity contribution in [3.8, 4) is 12.1 Å². The van der Waals surface area contributed by atoms with Crippen LogP contribution in [0.5, 0.6) is 6.01 Å². The van der Waals surface area contributed by atoms with Gasteiger partial charge in [-0.1, -0.05) is 37.8 Å². The average molecular weight is 573 g/mol. The molecule has 10 nitrogen and oxygen atoms in total. The third-order valence-electron chi connectivity index (χ3n) is 8.99. The highest BCUT2D eigenvalue weighted by molar-refractivity contribution is 5.87. The second kappa shape index (κ2) is 13.4. The number of aromatic nitrogens is 2. The number of hydrogen-bond acceptors (Lipinski definition) is 9. The van der Waals surface area contributed by atoms with Gasteiger partial charge < -0.3 is 24.2 Å². The zero-order valence-electron chi connectivity index (χ0n) is 24.6. The molecule has 2 aromatic rings. The molecule has 4 heterocycles. The lowest BCUT2D eigenvalue weighted by atomic mass is 9.86. The summed E-state index contributed by atoms with van der Waals surface area (Å²) >= 11 is 0. The number of likely N-dealkylation sites (N-methyl/N-ethyl adjacent to an activating group) is 1. The molecule has 5 rings (SSSR count). The van der Waals surface area contributed by atoms with Crippen molar-refractivity contribution in [2.24, 2.45) is 0 Å². The Morgan fingerprint density at radius 2 is 2.07 bits per heavy atom. The zero-order chi connectivity index (χ0) is 29.6. The van der Waals surface area contributed by atoms with Gasteiger partial charge in [0.1, 0.15) is 18.1 Å². The van der Waals surface area contributed by atoms with Crippen LogP contribution in [0.25, 0.3) is 0 Å². The predicted octanol–water partition coefficient (Wildman–Crippen LogP) is 3.51. The highest BCUT2D eigenvalue weighted by atomic mass is 16.5. The summed E-state index contributed by atoms with van der Waals surface area (Å²) < 4.78 is 12.4. The molecule has 222 valence electrons. The summed E-state index contributed by atoms with van der Waals surface area (Å²) in [6.45, 7) is 9.16. The largest absolute Gasteiger partial charge is 0.462 e. The Balaban J connectivity index is 1.42. The number of anilines is 1. The molecule has 0 N–H and O–H groups in total. The molecule has 2 fully saturated rings. The number of aldehydes is 1. The van der Waals surface area contributed by atoms with Gasteiger partial charge in [-0.3, -0.25) is 9.59 Å². The molecule has 10 heteroatoms. The summed E-state index contributed by atoms with van der Waals surface area (Å²) in [5.74, 6) is 0.637. The molecular formula is C32H40N6O4. The highest BCUT2D eigenvalue weighted by Gasteiger charge is 2.33. The Morgan fingerprint density at radius 3 is 2.81 bits per heavy atom. The number of carbonyl (C=O) groups is 2. The van der Waals surface area contributed by atoms with Crippen LogP contribution < -0.4 is 9.64 Å². The Labute approximate surface area is 247 Å². The van der Waals surface area contributed by atoms with Crippen molar-refractivity contribution in [1.82, 2.24) is 19.8 Å². The van der Waals surface area contributed by atoms with Gasteiger partial charge in [0.25, 0.3) is 0 Å². The summed E-state index contributed by atoms with van der Waals surface area (Å²) in [5.41, 5.74) is 3.55. The first kappa shape index (κ1) is 29.7. The lowest BCUT2D eigenvalue weighted by Crippen LogP contribution is -2.55. The summed E-state index contributed by atoms with van der Waals surface area (Å²) in [7, 11) is 2.08. The summed E-state index contributed by atoms with van der Waals surface area (Å²) in [5, 5.41) is 9.50. The molecule has 3 aliphatic rings. The van der Waals surface area contributed by atoms with Crippen molar-refractivity contribution in [3.05, 3.63) is 59.3 Å². The Hall–Kier alpha value is -3.81. The average Bonchev–Trinajstić information content (AvgIpc) is 3.43. The van der Waals surface area contributed by atoms with Crippen LogP contribution in [0.3, 0.4) is 0 Å². The van der Waals surface area contributed by atoms with E-state index in [9.17, 15) is 14.9 Å². The number of benzene rings is 1. The van der Waals surface area contributed by atoms with Crippen molar-refractivity contribution in [2.75, 3.05) is 44.7 Å². The summed E-state index contributed by atoms with van der Waals surface area (Å²) in [4.78, 5) is 40.4. The van der Waals surface area contributed by atoms with Gasteiger partial charge in [-0.25, -0.2) is 0 Å². The van der Waals surface area contributed by atoms with Gasteiger partial charge in [0.15, 0.2) is 6.29 Å². The molecule has 3 unspecified atom stereocenters. The second-order valence-corrected chi connectivity index (χ2v) is 11.5. The number of nitriles is 1. The number of amides is 1. The van der Waals surface area contributed by atoms with Crippen molar-refractivity contribution in [1.29, 1.82) is 5.26 Å². The molecule has 2 saturated heterocycles. The Bertz CT molecular complexity index is 1340. The smallest absolute Gasteiger partial charge is 0.319 e. The Kier molecular flexibility index (Phi) is 9.50. The maximum Gasteiger partial charge on any atom is 0.319 e. The van der Waals surface area contributed by atoms with Gasteiger partial charge in [-0.2, -0.15) is 15.2 Å². The van der Waals surface area contributed by atoms with Gasteiger partial charge in [-0.15, -0.1) is 0 Å². The van der Waals surface area contributed by atoms with Crippen LogP contribution in [0.2, 0.25) is 0 Å². The Morgan fingerprint density at radius 1 is 1.24 bits per heavy atom. The molecule has 3 aliphatic heterocycles. The number of ether oxygens (including phenoxy) is 2. The van der Waals surface area contributed by atoms with Gasteiger partial charge in [0.2, 0.25) is 5.91 Å². The minimum atomic E-state index is -0.327. The van der Waals surface area contributed by atoms with E-state index in [-0.39, 0.29) is 42.4 Å². The van der Waals surface area contributed by atoms with Crippen molar-refractivity contribution < 1.29 is 19.1 Å². The number of hydrogen-bond donors (Lipinski definition) is 0. The van der Waals surface area contributed by atoms with E-state index in [0.717, 1.165) is 31.2 Å². The van der Waals surface area contributed by atoms with E-state index in [1.54, 1.807) is 4.90 Å². The predicted molar refractivity (Wildman–Crippen MR) is 158 cm³/mol. The number of nitrogens with zero attached hydrogens (tertiary/aromatic N) is 6. The lowest BCUT2D eigenvalue weighted by molar-refractivity contribution is -0.128. The standard InChI is InChI=1S/C32H40N6O4/c1-4-30(40)38-17-16-37(18-24(38)13-14-33)31-27(11-12-29-22(2)26-10-6-5-8-23(26)20-41-29)28(19-39)34-32(35-31)42-21-25-9-7-15-36(25)3/h4-6,8,10,19,22,24-25,29H,1,7,9,11-13,15-18,20-21H2,2-3H3/t22?,24?,25?,29-/m0/s1. The minimum Gasteiger partial charge on any atom is -0.462 e. The molecule has 1 aromatic carbocycles. The molecule has 4 atom stereocenters. The molecule has 0 bridgehead atoms. The van der Waals surface area contributed by atoms with E-state index in [1.165, 1.54) is 17.2 Å². The highest BCUT2D eigenvalue weighted by Crippen LogP contribution is 2.35. The fourth-order valence-electron chi connectivity index (χ4n) is 6.50. The van der Waals surface area contributed by atoms with Crippen molar-refractivity contribution >= 4 is 18.0 Å². The first-order valence-corrected chi connectivity index (χ1v) is 14.9. The summed E-state index contributed by atoms with van der Waals surface area (Å²) in [6.07, 6.45) is 5.62. The fourth-order valence-corrected chi connectivity index (χ4v) is 6.50. The maximum absolute atomic E-state index is 12.5. The van der Waals surface area contributed by atoms with E-state index in [0.29, 0.717) is 57.2 Å². The number of likely N-dealkylation sites (tertiary alicyclic amines) is 1. The number of carbonyl (C=O) groups excluding carboxylic acids is 2. The van der Waals surface area contributed by atoms with E-state index in [4.69, 9.17) is 14.5 Å². The third-order valence-corrected chi connectivity index (χ3v) is 8.99. The fraction of sp³-hybridized carbons (Fsp3) is 0.531. The first-order valence-electron chi connectivity index (χ1n) is 14.9. The van der Waals surface area contributed by atoms with Crippen LogP contribution in [0.1, 0.15) is 65.7 Å².